The lowest BCUT2D eigenvalue weighted by atomic mass is 10.2. The minimum absolute atomic E-state index is 0.0953. The molecule has 0 amide bonds. The zero-order valence-electron chi connectivity index (χ0n) is 9.96. The lowest BCUT2D eigenvalue weighted by Crippen LogP contribution is -1.91. The summed E-state index contributed by atoms with van der Waals surface area (Å²) < 4.78 is 26.0. The number of benzene rings is 2. The number of rotatable bonds is 3. The van der Waals surface area contributed by atoms with Gasteiger partial charge in [-0.05, 0) is 29.8 Å². The molecule has 0 radical (unpaired) electrons. The summed E-state index contributed by atoms with van der Waals surface area (Å²) in [6.07, 6.45) is 1.18. The van der Waals surface area contributed by atoms with Crippen molar-refractivity contribution >= 4 is 17.6 Å². The molecule has 0 spiro atoms. The van der Waals surface area contributed by atoms with Gasteiger partial charge in [-0.25, -0.2) is 8.78 Å². The Morgan fingerprint density at radius 2 is 1.95 bits per heavy atom. The summed E-state index contributed by atoms with van der Waals surface area (Å²) in [7, 11) is 0. The van der Waals surface area contributed by atoms with Gasteiger partial charge < -0.3 is 5.11 Å². The average molecular weight is 278 g/mol. The van der Waals surface area contributed by atoms with Crippen LogP contribution in [0.25, 0.3) is 0 Å². The van der Waals surface area contributed by atoms with E-state index < -0.39 is 28.0 Å². The standard InChI is InChI=1S/C13H8F2N2O3/c14-9-2-3-11(10(15)6-9)16-7-8-1-4-13(18)12(5-8)17(19)20/h1-7,18H. The van der Waals surface area contributed by atoms with Gasteiger partial charge in [0.05, 0.1) is 10.6 Å². The maximum absolute atomic E-state index is 13.3. The zero-order chi connectivity index (χ0) is 14.7. The molecule has 2 aromatic carbocycles. The highest BCUT2D eigenvalue weighted by molar-refractivity contribution is 5.83. The fourth-order valence-electron chi connectivity index (χ4n) is 1.50. The molecule has 2 aromatic rings. The Labute approximate surface area is 112 Å². The lowest BCUT2D eigenvalue weighted by Gasteiger charge is -1.98. The van der Waals surface area contributed by atoms with Gasteiger partial charge in [0.25, 0.3) is 0 Å². The molecular formula is C13H8F2N2O3. The Morgan fingerprint density at radius 1 is 1.20 bits per heavy atom. The number of phenols is 1. The van der Waals surface area contributed by atoms with E-state index in [9.17, 15) is 24.0 Å². The van der Waals surface area contributed by atoms with Crippen LogP contribution in [-0.4, -0.2) is 16.2 Å². The number of phenolic OH excluding ortho intramolecular Hbond substituents is 1. The van der Waals surface area contributed by atoms with Crippen molar-refractivity contribution < 1.29 is 18.8 Å². The molecule has 0 aliphatic heterocycles. The summed E-state index contributed by atoms with van der Waals surface area (Å²) in [5.74, 6) is -2.03. The number of hydrogen-bond acceptors (Lipinski definition) is 4. The summed E-state index contributed by atoms with van der Waals surface area (Å²) in [6, 6.07) is 6.50. The highest BCUT2D eigenvalue weighted by Gasteiger charge is 2.12. The molecule has 102 valence electrons. The van der Waals surface area contributed by atoms with Crippen LogP contribution >= 0.6 is 0 Å². The summed E-state index contributed by atoms with van der Waals surface area (Å²) in [5.41, 5.74) is -0.270. The van der Waals surface area contributed by atoms with E-state index in [4.69, 9.17) is 0 Å². The van der Waals surface area contributed by atoms with Crippen LogP contribution in [0.3, 0.4) is 0 Å². The van der Waals surface area contributed by atoms with Gasteiger partial charge in [-0.3, -0.25) is 15.1 Å². The van der Waals surface area contributed by atoms with Crippen molar-refractivity contribution in [3.8, 4) is 5.75 Å². The minimum Gasteiger partial charge on any atom is -0.502 e. The molecule has 2 rings (SSSR count). The predicted molar refractivity (Wildman–Crippen MR) is 68.4 cm³/mol. The third kappa shape index (κ3) is 2.94. The van der Waals surface area contributed by atoms with Crippen molar-refractivity contribution in [3.05, 3.63) is 63.7 Å². The van der Waals surface area contributed by atoms with Crippen molar-refractivity contribution in [1.82, 2.24) is 0 Å². The van der Waals surface area contributed by atoms with Gasteiger partial charge in [-0.2, -0.15) is 0 Å². The Bertz CT molecular complexity index is 702. The van der Waals surface area contributed by atoms with Crippen LogP contribution in [0.15, 0.2) is 41.4 Å². The second-order valence-electron chi connectivity index (χ2n) is 3.86. The van der Waals surface area contributed by atoms with E-state index >= 15 is 0 Å². The molecule has 0 aliphatic rings. The SMILES string of the molecule is O=[N+]([O-])c1cc(C=Nc2ccc(F)cc2F)ccc1O. The van der Waals surface area contributed by atoms with Crippen LogP contribution in [0.5, 0.6) is 5.75 Å². The molecule has 0 aromatic heterocycles. The van der Waals surface area contributed by atoms with Crippen molar-refractivity contribution in [2.75, 3.05) is 0 Å². The predicted octanol–water partition coefficient (Wildman–Crippen LogP) is 3.33. The molecule has 1 N–H and O–H groups in total. The van der Waals surface area contributed by atoms with Crippen molar-refractivity contribution in [3.63, 3.8) is 0 Å². The maximum Gasteiger partial charge on any atom is 0.311 e. The van der Waals surface area contributed by atoms with E-state index in [1.54, 1.807) is 0 Å². The molecule has 0 unspecified atom stereocenters. The first-order valence-corrected chi connectivity index (χ1v) is 5.44. The number of nitro groups is 1. The average Bonchev–Trinajstić information content (AvgIpc) is 2.39. The number of hydrogen-bond donors (Lipinski definition) is 1. The number of halogens is 2. The van der Waals surface area contributed by atoms with Gasteiger partial charge in [0.15, 0.2) is 11.6 Å². The second-order valence-corrected chi connectivity index (χ2v) is 3.86. The fraction of sp³-hybridized carbons (Fsp3) is 0. The largest absolute Gasteiger partial charge is 0.502 e. The normalized spacial score (nSPS) is 10.9. The van der Waals surface area contributed by atoms with Gasteiger partial charge in [0.1, 0.15) is 5.82 Å². The molecule has 0 aliphatic carbocycles. The smallest absolute Gasteiger partial charge is 0.311 e. The highest BCUT2D eigenvalue weighted by Crippen LogP contribution is 2.26. The second kappa shape index (κ2) is 5.43. The molecule has 7 heteroatoms. The molecule has 0 fully saturated rings. The van der Waals surface area contributed by atoms with Crippen LogP contribution in [0.4, 0.5) is 20.2 Å². The van der Waals surface area contributed by atoms with E-state index in [1.807, 2.05) is 0 Å². The molecule has 0 heterocycles. The minimum atomic E-state index is -0.838. The molecule has 0 saturated carbocycles. The third-order valence-corrected chi connectivity index (χ3v) is 2.46. The number of aliphatic imine (C=N–C) groups is 1. The number of nitro benzene ring substituents is 1. The van der Waals surface area contributed by atoms with Crippen LogP contribution < -0.4 is 0 Å². The van der Waals surface area contributed by atoms with Crippen LogP contribution in [0.2, 0.25) is 0 Å². The third-order valence-electron chi connectivity index (χ3n) is 2.46. The van der Waals surface area contributed by atoms with Crippen molar-refractivity contribution in [1.29, 1.82) is 0 Å². The van der Waals surface area contributed by atoms with Crippen molar-refractivity contribution in [2.45, 2.75) is 0 Å². The fourth-order valence-corrected chi connectivity index (χ4v) is 1.50. The first-order chi connectivity index (χ1) is 9.47. The summed E-state index contributed by atoms with van der Waals surface area (Å²) in [5, 5.41) is 19.9. The Hall–Kier alpha value is -2.83. The van der Waals surface area contributed by atoms with E-state index in [0.29, 0.717) is 11.6 Å². The molecule has 0 bridgehead atoms. The van der Waals surface area contributed by atoms with Gasteiger partial charge in [-0.15, -0.1) is 0 Å². The van der Waals surface area contributed by atoms with E-state index in [1.165, 1.54) is 12.3 Å². The Kier molecular flexibility index (Phi) is 3.69. The first kappa shape index (κ1) is 13.6. The monoisotopic (exact) mass is 278 g/mol. The quantitative estimate of drug-likeness (QED) is 0.531. The number of nitrogens with zero attached hydrogens (tertiary/aromatic N) is 2. The topological polar surface area (TPSA) is 75.7 Å². The van der Waals surface area contributed by atoms with Crippen LogP contribution in [0, 0.1) is 21.7 Å². The molecular weight excluding hydrogens is 270 g/mol. The van der Waals surface area contributed by atoms with E-state index in [-0.39, 0.29) is 5.69 Å². The summed E-state index contributed by atoms with van der Waals surface area (Å²) in [4.78, 5) is 13.7. The summed E-state index contributed by atoms with van der Waals surface area (Å²) in [6.45, 7) is 0. The van der Waals surface area contributed by atoms with Gasteiger partial charge in [-0.1, -0.05) is 0 Å². The van der Waals surface area contributed by atoms with Crippen LogP contribution in [0.1, 0.15) is 5.56 Å². The highest BCUT2D eigenvalue weighted by atomic mass is 19.1. The molecule has 0 saturated heterocycles. The lowest BCUT2D eigenvalue weighted by molar-refractivity contribution is -0.385. The van der Waals surface area contributed by atoms with Gasteiger partial charge in [0.2, 0.25) is 0 Å². The van der Waals surface area contributed by atoms with Crippen molar-refractivity contribution in [2.24, 2.45) is 4.99 Å². The summed E-state index contributed by atoms with van der Waals surface area (Å²) >= 11 is 0. The molecule has 20 heavy (non-hydrogen) atoms. The van der Waals surface area contributed by atoms with E-state index in [0.717, 1.165) is 24.3 Å². The Balaban J connectivity index is 2.32. The maximum atomic E-state index is 13.3. The molecule has 5 nitrogen and oxygen atoms in total. The molecule has 0 atom stereocenters. The van der Waals surface area contributed by atoms with E-state index in [2.05, 4.69) is 4.99 Å². The first-order valence-electron chi connectivity index (χ1n) is 5.44. The van der Waals surface area contributed by atoms with Crippen LogP contribution in [-0.2, 0) is 0 Å². The zero-order valence-corrected chi connectivity index (χ0v) is 9.96. The van der Waals surface area contributed by atoms with Gasteiger partial charge in [0, 0.05) is 18.3 Å². The number of aromatic hydroxyl groups is 1. The van der Waals surface area contributed by atoms with Gasteiger partial charge >= 0.3 is 5.69 Å². The Morgan fingerprint density at radius 3 is 2.60 bits per heavy atom.